The fourth-order valence-corrected chi connectivity index (χ4v) is 4.64. The molecule has 26 heavy (non-hydrogen) atoms. The van der Waals surface area contributed by atoms with Crippen molar-refractivity contribution in [3.05, 3.63) is 59.2 Å². The van der Waals surface area contributed by atoms with E-state index in [1.807, 2.05) is 42.2 Å². The van der Waals surface area contributed by atoms with E-state index < -0.39 is 11.1 Å². The monoisotopic (exact) mass is 353 g/mol. The molecule has 0 aliphatic carbocycles. The predicted molar refractivity (Wildman–Crippen MR) is 97.6 cm³/mol. The van der Waals surface area contributed by atoms with Crippen LogP contribution < -0.4 is 9.47 Å². The fourth-order valence-electron chi connectivity index (χ4n) is 4.64. The highest BCUT2D eigenvalue weighted by Gasteiger charge is 2.72. The summed E-state index contributed by atoms with van der Waals surface area (Å²) in [5.41, 5.74) is 1.59. The molecule has 0 spiro atoms. The Bertz CT molecular complexity index is 866. The topological polar surface area (TPSA) is 48.0 Å². The maximum absolute atomic E-state index is 13.0. The van der Waals surface area contributed by atoms with Gasteiger partial charge in [0.25, 0.3) is 5.91 Å². The number of methoxy groups -OCH3 is 3. The smallest absolute Gasteiger partial charge is 0.258 e. The number of fused-ring (bicyclic) bond motifs is 3. The number of rotatable bonds is 4. The number of hydrogen-bond donors (Lipinski definition) is 0. The molecule has 5 heteroatoms. The second-order valence-electron chi connectivity index (χ2n) is 6.88. The summed E-state index contributed by atoms with van der Waals surface area (Å²) in [6, 6.07) is 14.1. The van der Waals surface area contributed by atoms with Gasteiger partial charge in [-0.25, -0.2) is 0 Å². The average Bonchev–Trinajstić information content (AvgIpc) is 2.70. The van der Waals surface area contributed by atoms with E-state index in [4.69, 9.17) is 14.2 Å². The van der Waals surface area contributed by atoms with E-state index in [-0.39, 0.29) is 5.91 Å². The van der Waals surface area contributed by atoms with Crippen LogP contribution in [0.4, 0.5) is 0 Å². The molecule has 2 atom stereocenters. The number of β-lactam (4-membered cyclic amide) rings is 1. The van der Waals surface area contributed by atoms with Gasteiger partial charge in [-0.2, -0.15) is 0 Å². The molecule has 0 radical (unpaired) electrons. The summed E-state index contributed by atoms with van der Waals surface area (Å²) < 4.78 is 16.9. The highest BCUT2D eigenvalue weighted by molar-refractivity contribution is 5.97. The van der Waals surface area contributed by atoms with Crippen molar-refractivity contribution in [1.29, 1.82) is 0 Å². The number of nitrogens with zero attached hydrogens (tertiary/aromatic N) is 1. The van der Waals surface area contributed by atoms with E-state index in [0.717, 1.165) is 23.1 Å². The molecule has 0 N–H and O–H groups in total. The number of carbonyl (C=O) groups is 1. The predicted octanol–water partition coefficient (Wildman–Crippen LogP) is 2.75. The molecule has 1 saturated heterocycles. The number of ether oxygens (including phenoxy) is 3. The van der Waals surface area contributed by atoms with Crippen LogP contribution in [-0.4, -0.2) is 44.3 Å². The molecule has 2 aliphatic rings. The Balaban J connectivity index is 2.05. The van der Waals surface area contributed by atoms with Gasteiger partial charge in [0.15, 0.2) is 17.1 Å². The number of amides is 1. The van der Waals surface area contributed by atoms with Gasteiger partial charge in [0.05, 0.1) is 14.2 Å². The third-order valence-electron chi connectivity index (χ3n) is 5.95. The van der Waals surface area contributed by atoms with Gasteiger partial charge in [-0.1, -0.05) is 30.3 Å². The molecule has 5 nitrogen and oxygen atoms in total. The van der Waals surface area contributed by atoms with Crippen LogP contribution in [0.5, 0.6) is 11.5 Å². The Morgan fingerprint density at radius 3 is 2.27 bits per heavy atom. The van der Waals surface area contributed by atoms with Gasteiger partial charge in [0, 0.05) is 13.7 Å². The van der Waals surface area contributed by atoms with Gasteiger partial charge < -0.3 is 19.1 Å². The maximum Gasteiger partial charge on any atom is 0.258 e. The van der Waals surface area contributed by atoms with Crippen molar-refractivity contribution in [3.8, 4) is 11.5 Å². The Kier molecular flexibility index (Phi) is 3.74. The lowest BCUT2D eigenvalue weighted by Gasteiger charge is -2.65. The minimum atomic E-state index is -0.969. The first-order chi connectivity index (χ1) is 12.5. The van der Waals surface area contributed by atoms with Crippen LogP contribution in [0.2, 0.25) is 0 Å². The largest absolute Gasteiger partial charge is 0.493 e. The van der Waals surface area contributed by atoms with Gasteiger partial charge in [-0.05, 0) is 42.2 Å². The van der Waals surface area contributed by atoms with Gasteiger partial charge >= 0.3 is 0 Å². The number of hydrogen-bond acceptors (Lipinski definition) is 4. The second kappa shape index (κ2) is 5.74. The average molecular weight is 353 g/mol. The van der Waals surface area contributed by atoms with Crippen LogP contribution in [0, 0.1) is 0 Å². The van der Waals surface area contributed by atoms with Crippen LogP contribution in [-0.2, 0) is 21.5 Å². The van der Waals surface area contributed by atoms with Crippen molar-refractivity contribution in [3.63, 3.8) is 0 Å². The molecule has 4 rings (SSSR count). The van der Waals surface area contributed by atoms with Crippen LogP contribution >= 0.6 is 0 Å². The molecule has 136 valence electrons. The lowest BCUT2D eigenvalue weighted by atomic mass is 9.59. The first-order valence-electron chi connectivity index (χ1n) is 8.72. The summed E-state index contributed by atoms with van der Waals surface area (Å²) in [5.74, 6) is 1.37. The minimum Gasteiger partial charge on any atom is -0.493 e. The zero-order valence-corrected chi connectivity index (χ0v) is 15.5. The van der Waals surface area contributed by atoms with E-state index in [0.29, 0.717) is 18.0 Å². The van der Waals surface area contributed by atoms with Gasteiger partial charge in [0.2, 0.25) is 0 Å². The van der Waals surface area contributed by atoms with E-state index in [2.05, 4.69) is 12.1 Å². The first-order valence-corrected chi connectivity index (χ1v) is 8.72. The van der Waals surface area contributed by atoms with Crippen LogP contribution in [0.25, 0.3) is 0 Å². The summed E-state index contributed by atoms with van der Waals surface area (Å²) in [6.07, 6.45) is 0.774. The second-order valence-corrected chi connectivity index (χ2v) is 6.88. The lowest BCUT2D eigenvalue weighted by molar-refractivity contribution is -0.217. The molecule has 0 saturated carbocycles. The van der Waals surface area contributed by atoms with Crippen molar-refractivity contribution >= 4 is 5.91 Å². The number of benzene rings is 2. The van der Waals surface area contributed by atoms with Crippen LogP contribution in [0.3, 0.4) is 0 Å². The third-order valence-corrected chi connectivity index (χ3v) is 5.95. The molecule has 0 unspecified atom stereocenters. The quantitative estimate of drug-likeness (QED) is 0.793. The first kappa shape index (κ1) is 16.9. The maximum atomic E-state index is 13.0. The van der Waals surface area contributed by atoms with E-state index in [1.54, 1.807) is 21.3 Å². The van der Waals surface area contributed by atoms with Gasteiger partial charge in [-0.15, -0.1) is 0 Å². The third kappa shape index (κ3) is 1.81. The van der Waals surface area contributed by atoms with E-state index >= 15 is 0 Å². The fraction of sp³-hybridized carbons (Fsp3) is 0.381. The van der Waals surface area contributed by atoms with Crippen LogP contribution in [0.1, 0.15) is 23.6 Å². The highest BCUT2D eigenvalue weighted by Crippen LogP contribution is 2.58. The normalized spacial score (nSPS) is 26.6. The molecular weight excluding hydrogens is 330 g/mol. The highest BCUT2D eigenvalue weighted by atomic mass is 16.5. The molecule has 2 heterocycles. The van der Waals surface area contributed by atoms with Crippen molar-refractivity contribution < 1.29 is 19.0 Å². The summed E-state index contributed by atoms with van der Waals surface area (Å²) in [5, 5.41) is 0. The summed E-state index contributed by atoms with van der Waals surface area (Å²) in [7, 11) is 4.87. The SMILES string of the molecule is COc1cc2c(cc1OC)[C@]1(c3ccccc3)N(CC2)C(=O)[C@@]1(C)OC. The van der Waals surface area contributed by atoms with Crippen LogP contribution in [0.15, 0.2) is 42.5 Å². The summed E-state index contributed by atoms with van der Waals surface area (Å²) >= 11 is 0. The Morgan fingerprint density at radius 1 is 1.00 bits per heavy atom. The minimum absolute atomic E-state index is 0.0179. The zero-order valence-electron chi connectivity index (χ0n) is 15.5. The van der Waals surface area contributed by atoms with Crippen molar-refractivity contribution in [1.82, 2.24) is 4.90 Å². The molecule has 0 aromatic heterocycles. The van der Waals surface area contributed by atoms with Crippen molar-refractivity contribution in [2.24, 2.45) is 0 Å². The lowest BCUT2D eigenvalue weighted by Crippen LogP contribution is -2.81. The van der Waals surface area contributed by atoms with E-state index in [1.165, 1.54) is 0 Å². The Hall–Kier alpha value is -2.53. The van der Waals surface area contributed by atoms with Gasteiger partial charge in [0.1, 0.15) is 5.54 Å². The number of carbonyl (C=O) groups excluding carboxylic acids is 1. The summed E-state index contributed by atoms with van der Waals surface area (Å²) in [4.78, 5) is 14.9. The van der Waals surface area contributed by atoms with Crippen molar-refractivity contribution in [2.45, 2.75) is 24.5 Å². The summed E-state index contributed by atoms with van der Waals surface area (Å²) in [6.45, 7) is 2.53. The molecule has 2 aromatic carbocycles. The standard InChI is InChI=1S/C21H23NO4/c1-20(26-4)19(23)22-11-10-14-12-17(24-2)18(25-3)13-16(14)21(20,22)15-8-6-5-7-9-15/h5-9,12-13H,10-11H2,1-4H3/t20-,21+/m1/s1. The zero-order chi connectivity index (χ0) is 18.5. The molecule has 0 bridgehead atoms. The Labute approximate surface area is 153 Å². The van der Waals surface area contributed by atoms with Gasteiger partial charge in [-0.3, -0.25) is 4.79 Å². The molecule has 2 aliphatic heterocycles. The molecule has 2 aromatic rings. The van der Waals surface area contributed by atoms with E-state index in [9.17, 15) is 4.79 Å². The molecule has 1 amide bonds. The molecular formula is C21H23NO4. The van der Waals surface area contributed by atoms with Crippen molar-refractivity contribution in [2.75, 3.05) is 27.9 Å². The Morgan fingerprint density at radius 2 is 1.65 bits per heavy atom. The molecule has 1 fully saturated rings.